The van der Waals surface area contributed by atoms with E-state index in [4.69, 9.17) is 9.94 Å². The number of sulfonamides is 1. The smallest absolute Gasteiger partial charge is 0.335 e. The molecule has 0 saturated heterocycles. The number of hydrogen-bond acceptors (Lipinski definition) is 4. The van der Waals surface area contributed by atoms with Crippen LogP contribution < -0.4 is 4.89 Å². The SMILES string of the molecule is CC(C)(C)ONS(=O)(=O)Cc1cccc(C(=O)O)c1. The quantitative estimate of drug-likeness (QED) is 0.801. The highest BCUT2D eigenvalue weighted by molar-refractivity contribution is 7.88. The second-order valence-electron chi connectivity index (χ2n) is 5.06. The van der Waals surface area contributed by atoms with Crippen molar-refractivity contribution in [2.45, 2.75) is 32.1 Å². The van der Waals surface area contributed by atoms with E-state index in [2.05, 4.69) is 0 Å². The van der Waals surface area contributed by atoms with Crippen molar-refractivity contribution in [3.63, 3.8) is 0 Å². The number of carboxylic acid groups (broad SMARTS) is 1. The van der Waals surface area contributed by atoms with E-state index in [0.29, 0.717) is 5.56 Å². The van der Waals surface area contributed by atoms with Gasteiger partial charge in [0, 0.05) is 0 Å². The van der Waals surface area contributed by atoms with Crippen LogP contribution in [0.15, 0.2) is 24.3 Å². The van der Waals surface area contributed by atoms with Crippen molar-refractivity contribution in [2.75, 3.05) is 0 Å². The minimum Gasteiger partial charge on any atom is -0.478 e. The highest BCUT2D eigenvalue weighted by Crippen LogP contribution is 2.10. The number of carboxylic acids is 1. The second kappa shape index (κ2) is 5.68. The Labute approximate surface area is 112 Å². The van der Waals surface area contributed by atoms with Gasteiger partial charge in [-0.05, 0) is 38.5 Å². The zero-order valence-corrected chi connectivity index (χ0v) is 11.8. The molecule has 0 aliphatic carbocycles. The van der Waals surface area contributed by atoms with E-state index in [-0.39, 0.29) is 11.3 Å². The van der Waals surface area contributed by atoms with Gasteiger partial charge in [0.15, 0.2) is 0 Å². The van der Waals surface area contributed by atoms with E-state index in [0.717, 1.165) is 0 Å². The van der Waals surface area contributed by atoms with Crippen LogP contribution in [0.3, 0.4) is 0 Å². The van der Waals surface area contributed by atoms with Crippen molar-refractivity contribution in [1.82, 2.24) is 4.89 Å². The molecule has 19 heavy (non-hydrogen) atoms. The molecule has 0 aliphatic heterocycles. The Balaban J connectivity index is 2.78. The van der Waals surface area contributed by atoms with Gasteiger partial charge in [-0.15, -0.1) is 0 Å². The lowest BCUT2D eigenvalue weighted by atomic mass is 10.1. The fraction of sp³-hybridized carbons (Fsp3) is 0.417. The molecule has 106 valence electrons. The maximum atomic E-state index is 11.7. The van der Waals surface area contributed by atoms with Crippen molar-refractivity contribution in [1.29, 1.82) is 0 Å². The van der Waals surface area contributed by atoms with Gasteiger partial charge < -0.3 is 5.11 Å². The molecular weight excluding hydrogens is 270 g/mol. The summed E-state index contributed by atoms with van der Waals surface area (Å²) in [6.07, 6.45) is 0. The van der Waals surface area contributed by atoms with E-state index < -0.39 is 21.6 Å². The molecule has 0 aliphatic rings. The Morgan fingerprint density at radius 2 is 2.00 bits per heavy atom. The van der Waals surface area contributed by atoms with Gasteiger partial charge >= 0.3 is 5.97 Å². The van der Waals surface area contributed by atoms with Crippen molar-refractivity contribution in [3.8, 4) is 0 Å². The molecule has 0 saturated carbocycles. The van der Waals surface area contributed by atoms with Gasteiger partial charge in [-0.25, -0.2) is 13.2 Å². The van der Waals surface area contributed by atoms with Crippen LogP contribution in [0, 0.1) is 0 Å². The average Bonchev–Trinajstić information content (AvgIpc) is 2.25. The van der Waals surface area contributed by atoms with E-state index in [1.165, 1.54) is 18.2 Å². The Morgan fingerprint density at radius 3 is 2.53 bits per heavy atom. The number of aromatic carboxylic acids is 1. The predicted molar refractivity (Wildman–Crippen MR) is 70.0 cm³/mol. The summed E-state index contributed by atoms with van der Waals surface area (Å²) in [7, 11) is -3.68. The van der Waals surface area contributed by atoms with Crippen molar-refractivity contribution < 1.29 is 23.2 Å². The molecule has 7 heteroatoms. The maximum absolute atomic E-state index is 11.7. The molecule has 0 atom stereocenters. The zero-order valence-electron chi connectivity index (χ0n) is 11.0. The van der Waals surface area contributed by atoms with E-state index in [1.54, 1.807) is 26.8 Å². The Kier molecular flexibility index (Phi) is 4.67. The van der Waals surface area contributed by atoms with Gasteiger partial charge in [-0.2, -0.15) is 0 Å². The fourth-order valence-corrected chi connectivity index (χ4v) is 2.29. The van der Waals surface area contributed by atoms with Crippen LogP contribution in [-0.2, 0) is 20.6 Å². The average molecular weight is 287 g/mol. The topological polar surface area (TPSA) is 92.7 Å². The normalized spacial score (nSPS) is 12.4. The van der Waals surface area contributed by atoms with Crippen LogP contribution >= 0.6 is 0 Å². The molecular formula is C12H17NO5S. The molecule has 1 aromatic rings. The molecule has 2 N–H and O–H groups in total. The first-order valence-electron chi connectivity index (χ1n) is 5.59. The first-order chi connectivity index (χ1) is 8.59. The summed E-state index contributed by atoms with van der Waals surface area (Å²) in [5.41, 5.74) is -0.218. The molecule has 0 unspecified atom stereocenters. The van der Waals surface area contributed by atoms with Crippen molar-refractivity contribution in [3.05, 3.63) is 35.4 Å². The molecule has 6 nitrogen and oxygen atoms in total. The second-order valence-corrected chi connectivity index (χ2v) is 6.75. The molecule has 0 amide bonds. The molecule has 0 aromatic heterocycles. The monoisotopic (exact) mass is 287 g/mol. The highest BCUT2D eigenvalue weighted by Gasteiger charge is 2.18. The third-order valence-corrected chi connectivity index (χ3v) is 3.06. The maximum Gasteiger partial charge on any atom is 0.335 e. The number of nitrogens with one attached hydrogen (secondary N) is 1. The number of benzene rings is 1. The van der Waals surface area contributed by atoms with Crippen LogP contribution in [-0.4, -0.2) is 25.1 Å². The molecule has 0 bridgehead atoms. The lowest BCUT2D eigenvalue weighted by Crippen LogP contribution is -2.34. The summed E-state index contributed by atoms with van der Waals surface area (Å²) < 4.78 is 23.5. The number of rotatable bonds is 5. The Morgan fingerprint density at radius 1 is 1.37 bits per heavy atom. The molecule has 1 aromatic carbocycles. The summed E-state index contributed by atoms with van der Waals surface area (Å²) in [6, 6.07) is 5.76. The molecule has 0 spiro atoms. The third-order valence-electron chi connectivity index (χ3n) is 2.01. The minimum atomic E-state index is -3.68. The zero-order chi connectivity index (χ0) is 14.7. The first-order valence-corrected chi connectivity index (χ1v) is 7.24. The lowest BCUT2D eigenvalue weighted by Gasteiger charge is -2.19. The van der Waals surface area contributed by atoms with Crippen molar-refractivity contribution in [2.24, 2.45) is 0 Å². The molecule has 1 rings (SSSR count). The van der Waals surface area contributed by atoms with Crippen LogP contribution in [0.2, 0.25) is 0 Å². The van der Waals surface area contributed by atoms with Crippen LogP contribution in [0.5, 0.6) is 0 Å². The summed E-state index contributed by atoms with van der Waals surface area (Å²) in [6.45, 7) is 5.13. The Bertz CT molecular complexity index is 560. The number of carbonyl (C=O) groups is 1. The Hall–Kier alpha value is -1.44. The molecule has 0 heterocycles. The van der Waals surface area contributed by atoms with Gasteiger partial charge in [0.1, 0.15) is 0 Å². The lowest BCUT2D eigenvalue weighted by molar-refractivity contribution is -0.0358. The summed E-state index contributed by atoms with van der Waals surface area (Å²) in [4.78, 5) is 17.8. The van der Waals surface area contributed by atoms with E-state index in [1.807, 2.05) is 4.89 Å². The number of hydrogen-bond donors (Lipinski definition) is 2. The summed E-state index contributed by atoms with van der Waals surface area (Å²) >= 11 is 0. The molecule has 0 radical (unpaired) electrons. The van der Waals surface area contributed by atoms with Crippen LogP contribution in [0.4, 0.5) is 0 Å². The third kappa shape index (κ3) is 5.82. The van der Waals surface area contributed by atoms with Crippen LogP contribution in [0.25, 0.3) is 0 Å². The van der Waals surface area contributed by atoms with E-state index >= 15 is 0 Å². The first kappa shape index (κ1) is 15.6. The van der Waals surface area contributed by atoms with Gasteiger partial charge in [0.05, 0.1) is 16.9 Å². The fourth-order valence-electron chi connectivity index (χ4n) is 1.23. The van der Waals surface area contributed by atoms with Gasteiger partial charge in [0.2, 0.25) is 10.0 Å². The standard InChI is InChI=1S/C12H17NO5S/c1-12(2,3)18-13-19(16,17)8-9-5-4-6-10(7-9)11(14)15/h4-7,13H,8H2,1-3H3,(H,14,15). The largest absolute Gasteiger partial charge is 0.478 e. The summed E-state index contributed by atoms with van der Waals surface area (Å²) in [5, 5.41) is 8.83. The predicted octanol–water partition coefficient (Wildman–Crippen LogP) is 1.53. The minimum absolute atomic E-state index is 0.0458. The van der Waals surface area contributed by atoms with Gasteiger partial charge in [-0.1, -0.05) is 17.0 Å². The van der Waals surface area contributed by atoms with E-state index in [9.17, 15) is 13.2 Å². The summed E-state index contributed by atoms with van der Waals surface area (Å²) in [5.74, 6) is -1.44. The van der Waals surface area contributed by atoms with Gasteiger partial charge in [0.25, 0.3) is 0 Å². The molecule has 0 fully saturated rings. The van der Waals surface area contributed by atoms with Crippen LogP contribution in [0.1, 0.15) is 36.7 Å². The highest BCUT2D eigenvalue weighted by atomic mass is 32.2. The van der Waals surface area contributed by atoms with Gasteiger partial charge in [-0.3, -0.25) is 4.84 Å². The van der Waals surface area contributed by atoms with Crippen molar-refractivity contribution >= 4 is 16.0 Å².